The largest absolute Gasteiger partial charge is 0.378 e. The fourth-order valence-electron chi connectivity index (χ4n) is 2.84. The van der Waals surface area contributed by atoms with Crippen LogP contribution < -0.4 is 10.2 Å². The van der Waals surface area contributed by atoms with Crippen molar-refractivity contribution in [3.05, 3.63) is 38.9 Å². The van der Waals surface area contributed by atoms with Crippen LogP contribution in [0.15, 0.2) is 18.2 Å². The molecule has 26 heavy (non-hydrogen) atoms. The van der Waals surface area contributed by atoms with E-state index >= 15 is 0 Å². The zero-order valence-corrected chi connectivity index (χ0v) is 14.7. The van der Waals surface area contributed by atoms with E-state index in [0.717, 1.165) is 17.8 Å². The van der Waals surface area contributed by atoms with Crippen LogP contribution in [0.25, 0.3) is 0 Å². The van der Waals surface area contributed by atoms with E-state index in [1.165, 1.54) is 23.5 Å². The number of amides is 1. The minimum Gasteiger partial charge on any atom is -0.378 e. The summed E-state index contributed by atoms with van der Waals surface area (Å²) in [6.07, 6.45) is 2.21. The van der Waals surface area contributed by atoms with Gasteiger partial charge in [-0.2, -0.15) is 0 Å². The van der Waals surface area contributed by atoms with Gasteiger partial charge < -0.3 is 9.64 Å². The summed E-state index contributed by atoms with van der Waals surface area (Å²) in [5.41, 5.74) is 0.788. The summed E-state index contributed by atoms with van der Waals surface area (Å²) in [6, 6.07) is 4.34. The standard InChI is InChI=1S/C16H17N5O4S/c22-14(17-16-19-18-15(26-16)10-1-2-10)12-9-11(21(23)24)3-4-13(12)20-5-7-25-8-6-20/h3-4,9-10H,1-2,5-8H2,(H,17,19,22). The van der Waals surface area contributed by atoms with Crippen LogP contribution in [0.1, 0.15) is 34.1 Å². The van der Waals surface area contributed by atoms with E-state index in [0.29, 0.717) is 43.0 Å². The molecule has 0 atom stereocenters. The first-order valence-electron chi connectivity index (χ1n) is 8.37. The Labute approximate surface area is 153 Å². The number of rotatable bonds is 5. The number of nitrogens with one attached hydrogen (secondary N) is 1. The zero-order chi connectivity index (χ0) is 18.1. The normalized spacial score (nSPS) is 17.2. The molecule has 136 valence electrons. The van der Waals surface area contributed by atoms with Gasteiger partial charge in [-0.25, -0.2) is 0 Å². The summed E-state index contributed by atoms with van der Waals surface area (Å²) in [5, 5.41) is 23.3. The Morgan fingerprint density at radius 3 is 2.77 bits per heavy atom. The molecule has 10 heteroatoms. The Morgan fingerprint density at radius 2 is 2.08 bits per heavy atom. The van der Waals surface area contributed by atoms with E-state index in [1.807, 2.05) is 4.90 Å². The summed E-state index contributed by atoms with van der Waals surface area (Å²) in [5.74, 6) is 0.0357. The van der Waals surface area contributed by atoms with Crippen molar-refractivity contribution in [1.29, 1.82) is 0 Å². The highest BCUT2D eigenvalue weighted by molar-refractivity contribution is 7.15. The molecular weight excluding hydrogens is 358 g/mol. The zero-order valence-electron chi connectivity index (χ0n) is 13.9. The van der Waals surface area contributed by atoms with Crippen LogP contribution in [0.3, 0.4) is 0 Å². The molecule has 0 unspecified atom stereocenters. The van der Waals surface area contributed by atoms with Crippen LogP contribution in [0.2, 0.25) is 0 Å². The fraction of sp³-hybridized carbons (Fsp3) is 0.438. The van der Waals surface area contributed by atoms with Crippen LogP contribution in [-0.4, -0.2) is 47.3 Å². The Morgan fingerprint density at radius 1 is 1.31 bits per heavy atom. The lowest BCUT2D eigenvalue weighted by Gasteiger charge is -2.30. The Bertz CT molecular complexity index is 845. The maximum absolute atomic E-state index is 12.8. The third-order valence-corrected chi connectivity index (χ3v) is 5.38. The highest BCUT2D eigenvalue weighted by atomic mass is 32.1. The molecule has 9 nitrogen and oxygen atoms in total. The smallest absolute Gasteiger partial charge is 0.270 e. The molecule has 1 saturated heterocycles. The van der Waals surface area contributed by atoms with E-state index < -0.39 is 10.8 Å². The summed E-state index contributed by atoms with van der Waals surface area (Å²) in [7, 11) is 0. The minimum atomic E-state index is -0.504. The van der Waals surface area contributed by atoms with Crippen molar-refractivity contribution in [2.45, 2.75) is 18.8 Å². The second kappa shape index (κ2) is 6.96. The molecule has 4 rings (SSSR count). The molecule has 2 aromatic rings. The summed E-state index contributed by atoms with van der Waals surface area (Å²) in [6.45, 7) is 2.36. The van der Waals surface area contributed by atoms with Crippen molar-refractivity contribution in [1.82, 2.24) is 10.2 Å². The quantitative estimate of drug-likeness (QED) is 0.631. The van der Waals surface area contributed by atoms with E-state index in [-0.39, 0.29) is 11.3 Å². The number of morpholine rings is 1. The van der Waals surface area contributed by atoms with Gasteiger partial charge in [0.25, 0.3) is 11.6 Å². The molecule has 0 bridgehead atoms. The Balaban J connectivity index is 1.61. The number of hydrogen-bond donors (Lipinski definition) is 1. The number of anilines is 2. The molecule has 0 spiro atoms. The number of nitro groups is 1. The van der Waals surface area contributed by atoms with Crippen LogP contribution >= 0.6 is 11.3 Å². The molecule has 2 aliphatic rings. The number of hydrogen-bond acceptors (Lipinski definition) is 8. The number of ether oxygens (including phenoxy) is 1. The first-order chi connectivity index (χ1) is 12.6. The summed E-state index contributed by atoms with van der Waals surface area (Å²) in [4.78, 5) is 25.4. The molecule has 2 fully saturated rings. The lowest BCUT2D eigenvalue weighted by Crippen LogP contribution is -2.37. The van der Waals surface area contributed by atoms with Gasteiger partial charge in [-0.15, -0.1) is 10.2 Å². The van der Waals surface area contributed by atoms with Crippen LogP contribution in [0.4, 0.5) is 16.5 Å². The lowest BCUT2D eigenvalue weighted by molar-refractivity contribution is -0.384. The third kappa shape index (κ3) is 3.51. The van der Waals surface area contributed by atoms with Crippen LogP contribution in [0.5, 0.6) is 0 Å². The molecule has 1 amide bonds. The van der Waals surface area contributed by atoms with E-state index in [1.54, 1.807) is 6.07 Å². The van der Waals surface area contributed by atoms with Crippen molar-refractivity contribution in [2.75, 3.05) is 36.5 Å². The fourth-order valence-corrected chi connectivity index (χ4v) is 3.75. The molecule has 1 saturated carbocycles. The topological polar surface area (TPSA) is 110 Å². The van der Waals surface area contributed by atoms with Crippen molar-refractivity contribution >= 4 is 33.8 Å². The highest BCUT2D eigenvalue weighted by Crippen LogP contribution is 2.42. The second-order valence-corrected chi connectivity index (χ2v) is 7.24. The molecule has 1 N–H and O–H groups in total. The molecule has 2 heterocycles. The number of benzene rings is 1. The van der Waals surface area contributed by atoms with E-state index in [2.05, 4.69) is 15.5 Å². The van der Waals surface area contributed by atoms with Crippen LogP contribution in [-0.2, 0) is 4.74 Å². The van der Waals surface area contributed by atoms with E-state index in [9.17, 15) is 14.9 Å². The number of non-ortho nitro benzene ring substituents is 1. The maximum Gasteiger partial charge on any atom is 0.270 e. The maximum atomic E-state index is 12.8. The minimum absolute atomic E-state index is 0.122. The van der Waals surface area contributed by atoms with Gasteiger partial charge in [0.2, 0.25) is 5.13 Å². The first-order valence-corrected chi connectivity index (χ1v) is 9.19. The predicted molar refractivity (Wildman–Crippen MR) is 96.0 cm³/mol. The predicted octanol–water partition coefficient (Wildman–Crippen LogP) is 2.41. The van der Waals surface area contributed by atoms with Crippen molar-refractivity contribution in [3.8, 4) is 0 Å². The SMILES string of the molecule is O=C(Nc1nnc(C2CC2)s1)c1cc([N+](=O)[O-])ccc1N1CCOCC1. The molecule has 1 aliphatic carbocycles. The summed E-state index contributed by atoms with van der Waals surface area (Å²) >= 11 is 1.36. The molecule has 0 radical (unpaired) electrons. The summed E-state index contributed by atoms with van der Waals surface area (Å²) < 4.78 is 5.34. The number of nitro benzene ring substituents is 1. The third-order valence-electron chi connectivity index (χ3n) is 4.38. The highest BCUT2D eigenvalue weighted by Gasteiger charge is 2.28. The second-order valence-electron chi connectivity index (χ2n) is 6.23. The average Bonchev–Trinajstić information content (AvgIpc) is 3.41. The molecule has 1 aromatic carbocycles. The monoisotopic (exact) mass is 375 g/mol. The average molecular weight is 375 g/mol. The van der Waals surface area contributed by atoms with Gasteiger partial charge >= 0.3 is 0 Å². The molecule has 1 aliphatic heterocycles. The van der Waals surface area contributed by atoms with Crippen molar-refractivity contribution < 1.29 is 14.5 Å². The lowest BCUT2D eigenvalue weighted by atomic mass is 10.1. The number of carbonyl (C=O) groups excluding carboxylic acids is 1. The first kappa shape index (κ1) is 16.9. The number of nitrogens with zero attached hydrogens (tertiary/aromatic N) is 4. The van der Waals surface area contributed by atoms with Crippen molar-refractivity contribution in [2.24, 2.45) is 0 Å². The van der Waals surface area contributed by atoms with Crippen molar-refractivity contribution in [3.63, 3.8) is 0 Å². The Kier molecular flexibility index (Phi) is 4.51. The number of carbonyl (C=O) groups is 1. The van der Waals surface area contributed by atoms with Gasteiger partial charge in [0.15, 0.2) is 0 Å². The Hall–Kier alpha value is -2.59. The number of aromatic nitrogens is 2. The van der Waals surface area contributed by atoms with Gasteiger partial charge in [-0.05, 0) is 18.9 Å². The van der Waals surface area contributed by atoms with Gasteiger partial charge in [0.05, 0.1) is 29.4 Å². The van der Waals surface area contributed by atoms with Crippen LogP contribution in [0, 0.1) is 10.1 Å². The van der Waals surface area contributed by atoms with Gasteiger partial charge in [-0.3, -0.25) is 20.2 Å². The van der Waals surface area contributed by atoms with E-state index in [4.69, 9.17) is 4.74 Å². The van der Waals surface area contributed by atoms with Gasteiger partial charge in [-0.1, -0.05) is 11.3 Å². The van der Waals surface area contributed by atoms with Gasteiger partial charge in [0, 0.05) is 31.1 Å². The molecule has 1 aromatic heterocycles. The van der Waals surface area contributed by atoms with Gasteiger partial charge in [0.1, 0.15) is 5.01 Å². The molecular formula is C16H17N5O4S.